The van der Waals surface area contributed by atoms with Crippen LogP contribution >= 0.6 is 0 Å². The van der Waals surface area contributed by atoms with Gasteiger partial charge in [-0.25, -0.2) is 0 Å². The largest absolute Gasteiger partial charge is 0.491 e. The van der Waals surface area contributed by atoms with E-state index in [9.17, 15) is 15.1 Å². The number of benzene rings is 1. The van der Waals surface area contributed by atoms with Crippen molar-refractivity contribution in [2.45, 2.75) is 63.0 Å². The lowest BCUT2D eigenvalue weighted by atomic mass is 9.79. The Hall–Kier alpha value is -3.33. The summed E-state index contributed by atoms with van der Waals surface area (Å²) in [4.78, 5) is 12.9. The van der Waals surface area contributed by atoms with Gasteiger partial charge in [0.2, 0.25) is 0 Å². The Morgan fingerprint density at radius 1 is 1.17 bits per heavy atom. The Morgan fingerprint density at radius 3 is 2.66 bits per heavy atom. The summed E-state index contributed by atoms with van der Waals surface area (Å²) in [5, 5.41) is 37.3. The highest BCUT2D eigenvalue weighted by molar-refractivity contribution is 6.05. The zero-order chi connectivity index (χ0) is 24.2. The summed E-state index contributed by atoms with van der Waals surface area (Å²) in [5.41, 5.74) is 0.587. The van der Waals surface area contributed by atoms with Crippen LogP contribution in [0.15, 0.2) is 36.5 Å². The first kappa shape index (κ1) is 22.2. The fourth-order valence-electron chi connectivity index (χ4n) is 5.22. The first-order valence-electron chi connectivity index (χ1n) is 12.5. The molecule has 184 valence electrons. The minimum absolute atomic E-state index is 0.0354. The van der Waals surface area contributed by atoms with Crippen LogP contribution in [0.1, 0.15) is 67.9 Å². The molecular formula is C26H31N5O4. The number of nitrogens with one attached hydrogen (secondary N) is 2. The van der Waals surface area contributed by atoms with E-state index < -0.39 is 11.5 Å². The molecule has 0 unspecified atom stereocenters. The normalized spacial score (nSPS) is 24.4. The standard InChI is InChI=1S/C26H31N5O4/c27-24-3-1-2-22(31(24)34)25(32)28-21-12-17-14-30(19-8-10-26(33,11-9-19)18-6-7-18)29-20(17)13-23(21)35-15-16-4-5-16/h1-3,12-14,16,18-19,27,33-34H,4-11,15H2,(H,28,32). The summed E-state index contributed by atoms with van der Waals surface area (Å²) in [5.74, 6) is 1.03. The molecule has 0 radical (unpaired) electrons. The van der Waals surface area contributed by atoms with Crippen LogP contribution in [-0.2, 0) is 0 Å². The lowest BCUT2D eigenvalue weighted by molar-refractivity contribution is -0.0281. The van der Waals surface area contributed by atoms with Crippen LogP contribution < -0.4 is 15.5 Å². The van der Waals surface area contributed by atoms with Gasteiger partial charge in [0.1, 0.15) is 11.4 Å². The molecule has 1 aromatic carbocycles. The van der Waals surface area contributed by atoms with Crippen LogP contribution in [0, 0.1) is 17.2 Å². The first-order chi connectivity index (χ1) is 16.9. The number of carbonyl (C=O) groups is 1. The third-order valence-corrected chi connectivity index (χ3v) is 7.77. The van der Waals surface area contributed by atoms with Crippen LogP contribution in [0.3, 0.4) is 0 Å². The van der Waals surface area contributed by atoms with Gasteiger partial charge in [0.05, 0.1) is 29.5 Å². The van der Waals surface area contributed by atoms with Crippen molar-refractivity contribution in [3.8, 4) is 5.75 Å². The lowest BCUT2D eigenvalue weighted by Crippen LogP contribution is -2.36. The molecule has 2 heterocycles. The van der Waals surface area contributed by atoms with Gasteiger partial charge in [-0.15, -0.1) is 0 Å². The maximum Gasteiger partial charge on any atom is 0.275 e. The molecule has 0 saturated heterocycles. The molecule has 9 heteroatoms. The number of fused-ring (bicyclic) bond motifs is 1. The van der Waals surface area contributed by atoms with E-state index in [1.54, 1.807) is 6.07 Å². The predicted octanol–water partition coefficient (Wildman–Crippen LogP) is 3.85. The van der Waals surface area contributed by atoms with E-state index in [-0.39, 0.29) is 17.2 Å². The second kappa shape index (κ2) is 8.41. The highest BCUT2D eigenvalue weighted by atomic mass is 16.5. The zero-order valence-electron chi connectivity index (χ0n) is 19.6. The van der Waals surface area contributed by atoms with Gasteiger partial charge >= 0.3 is 0 Å². The Morgan fingerprint density at radius 2 is 1.94 bits per heavy atom. The zero-order valence-corrected chi connectivity index (χ0v) is 19.6. The molecule has 4 N–H and O–H groups in total. The molecule has 3 aromatic rings. The molecule has 35 heavy (non-hydrogen) atoms. The number of aromatic nitrogens is 3. The predicted molar refractivity (Wildman–Crippen MR) is 129 cm³/mol. The van der Waals surface area contributed by atoms with Gasteiger partial charge in [0.15, 0.2) is 5.49 Å². The molecule has 0 atom stereocenters. The molecule has 1 amide bonds. The van der Waals surface area contributed by atoms with Crippen LogP contribution in [0.2, 0.25) is 0 Å². The number of ether oxygens (including phenoxy) is 1. The van der Waals surface area contributed by atoms with Crippen LogP contribution in [0.5, 0.6) is 5.75 Å². The Labute approximate surface area is 202 Å². The number of hydrogen-bond donors (Lipinski definition) is 4. The van der Waals surface area contributed by atoms with Crippen LogP contribution in [-0.4, -0.2) is 42.9 Å². The highest BCUT2D eigenvalue weighted by Gasteiger charge is 2.45. The molecular weight excluding hydrogens is 446 g/mol. The van der Waals surface area contributed by atoms with Gasteiger partial charge in [0, 0.05) is 17.6 Å². The van der Waals surface area contributed by atoms with Crippen molar-refractivity contribution >= 4 is 22.5 Å². The third kappa shape index (κ3) is 4.40. The van der Waals surface area contributed by atoms with Crippen molar-refractivity contribution in [1.29, 1.82) is 5.41 Å². The summed E-state index contributed by atoms with van der Waals surface area (Å²) >= 11 is 0. The maximum atomic E-state index is 12.9. The average molecular weight is 478 g/mol. The summed E-state index contributed by atoms with van der Waals surface area (Å²) in [6, 6.07) is 8.37. The smallest absolute Gasteiger partial charge is 0.275 e. The molecule has 2 aromatic heterocycles. The summed E-state index contributed by atoms with van der Waals surface area (Å²) in [6.07, 6.45) is 10.0. The molecule has 0 bridgehead atoms. The van der Waals surface area contributed by atoms with Crippen molar-refractivity contribution in [2.24, 2.45) is 11.8 Å². The Kier molecular flexibility index (Phi) is 5.32. The molecule has 0 aliphatic heterocycles. The molecule has 3 aliphatic carbocycles. The van der Waals surface area contributed by atoms with Gasteiger partial charge in [-0.05, 0) is 81.4 Å². The van der Waals surface area contributed by atoms with Crippen molar-refractivity contribution < 1.29 is 19.8 Å². The third-order valence-electron chi connectivity index (χ3n) is 7.77. The minimum atomic E-state index is -0.531. The fourth-order valence-corrected chi connectivity index (χ4v) is 5.22. The second-order valence-electron chi connectivity index (χ2n) is 10.4. The molecule has 3 fully saturated rings. The minimum Gasteiger partial charge on any atom is -0.491 e. The molecule has 6 rings (SSSR count). The molecule has 3 aliphatic rings. The number of rotatable bonds is 7. The van der Waals surface area contributed by atoms with Gasteiger partial charge in [-0.1, -0.05) is 6.07 Å². The van der Waals surface area contributed by atoms with Crippen LogP contribution in [0.4, 0.5) is 5.69 Å². The lowest BCUT2D eigenvalue weighted by Gasteiger charge is -2.36. The summed E-state index contributed by atoms with van der Waals surface area (Å²) in [6.45, 7) is 0.583. The molecule has 0 spiro atoms. The van der Waals surface area contributed by atoms with Gasteiger partial charge in [-0.2, -0.15) is 9.83 Å². The number of nitrogens with zero attached hydrogens (tertiary/aromatic N) is 3. The average Bonchev–Trinajstić information content (AvgIpc) is 3.77. The topological polar surface area (TPSA) is 125 Å². The van der Waals surface area contributed by atoms with E-state index in [1.165, 1.54) is 12.1 Å². The highest BCUT2D eigenvalue weighted by Crippen LogP contribution is 2.49. The van der Waals surface area contributed by atoms with E-state index in [0.29, 0.717) is 34.6 Å². The SMILES string of the molecule is N=c1cccc(C(=O)Nc2cc3cn(C4CCC(O)(C5CC5)CC4)nc3cc2OCC2CC2)n1O. The first-order valence-corrected chi connectivity index (χ1v) is 12.5. The van der Waals surface area contributed by atoms with Crippen molar-refractivity contribution in [3.63, 3.8) is 0 Å². The van der Waals surface area contributed by atoms with Crippen molar-refractivity contribution in [3.05, 3.63) is 47.7 Å². The number of aliphatic hydroxyl groups is 1. The Balaban J connectivity index is 1.27. The maximum absolute atomic E-state index is 12.9. The molecule has 3 saturated carbocycles. The van der Waals surface area contributed by atoms with Crippen LogP contribution in [0.25, 0.3) is 10.9 Å². The van der Waals surface area contributed by atoms with E-state index in [4.69, 9.17) is 15.2 Å². The Bertz CT molecular complexity index is 1330. The fraction of sp³-hybridized carbons (Fsp3) is 0.500. The van der Waals surface area contributed by atoms with E-state index in [2.05, 4.69) is 5.32 Å². The molecule has 9 nitrogen and oxygen atoms in total. The number of anilines is 1. The van der Waals surface area contributed by atoms with E-state index in [0.717, 1.165) is 62.3 Å². The second-order valence-corrected chi connectivity index (χ2v) is 10.4. The van der Waals surface area contributed by atoms with Gasteiger partial charge < -0.3 is 20.4 Å². The van der Waals surface area contributed by atoms with Gasteiger partial charge in [-0.3, -0.25) is 14.9 Å². The van der Waals surface area contributed by atoms with E-state index in [1.807, 2.05) is 23.0 Å². The number of hydrogen-bond acceptors (Lipinski definition) is 6. The number of carbonyl (C=O) groups excluding carboxylic acids is 1. The number of amides is 1. The van der Waals surface area contributed by atoms with Crippen molar-refractivity contribution in [2.75, 3.05) is 11.9 Å². The number of pyridine rings is 1. The summed E-state index contributed by atoms with van der Waals surface area (Å²) < 4.78 is 8.63. The quantitative estimate of drug-likeness (QED) is 0.385. The van der Waals surface area contributed by atoms with Crippen molar-refractivity contribution in [1.82, 2.24) is 14.5 Å². The monoisotopic (exact) mass is 477 g/mol. The van der Waals surface area contributed by atoms with E-state index >= 15 is 0 Å². The summed E-state index contributed by atoms with van der Waals surface area (Å²) in [7, 11) is 0. The van der Waals surface area contributed by atoms with Gasteiger partial charge in [0.25, 0.3) is 5.91 Å².